The fourth-order valence-corrected chi connectivity index (χ4v) is 3.39. The van der Waals surface area contributed by atoms with E-state index in [-0.39, 0.29) is 17.5 Å². The van der Waals surface area contributed by atoms with Crippen molar-refractivity contribution in [1.82, 2.24) is 9.55 Å². The van der Waals surface area contributed by atoms with Crippen molar-refractivity contribution in [2.45, 2.75) is 6.54 Å². The molecule has 4 rings (SSSR count). The molecule has 0 aliphatic heterocycles. The first-order valence-corrected chi connectivity index (χ1v) is 9.34. The molecule has 3 aromatic carbocycles. The number of carbonyl (C=O) groups excluding carboxylic acids is 2. The highest BCUT2D eigenvalue weighted by atomic mass is 16.5. The maximum atomic E-state index is 12.8. The lowest BCUT2D eigenvalue weighted by molar-refractivity contribution is 0.0986. The van der Waals surface area contributed by atoms with E-state index in [4.69, 9.17) is 10.5 Å². The zero-order valence-corrected chi connectivity index (χ0v) is 16.3. The number of hydrogen-bond donors (Lipinski definition) is 2. The number of benzene rings is 3. The molecule has 1 heterocycles. The molecular formula is C23H20N4O3. The third-order valence-electron chi connectivity index (χ3n) is 4.83. The van der Waals surface area contributed by atoms with Gasteiger partial charge in [-0.3, -0.25) is 9.59 Å². The number of ether oxygens (including phenoxy) is 1. The Balaban J connectivity index is 1.51. The second-order valence-corrected chi connectivity index (χ2v) is 6.77. The molecule has 4 aromatic rings. The maximum Gasteiger partial charge on any atom is 0.271 e. The average molecular weight is 400 g/mol. The molecule has 3 N–H and O–H groups in total. The average Bonchev–Trinajstić information content (AvgIpc) is 3.17. The summed E-state index contributed by atoms with van der Waals surface area (Å²) in [5.41, 5.74) is 7.86. The zero-order chi connectivity index (χ0) is 21.1. The minimum atomic E-state index is -0.608. The van der Waals surface area contributed by atoms with Crippen LogP contribution in [0.2, 0.25) is 0 Å². The van der Waals surface area contributed by atoms with Crippen molar-refractivity contribution in [3.63, 3.8) is 0 Å². The van der Waals surface area contributed by atoms with Crippen LogP contribution in [0.5, 0.6) is 5.88 Å². The largest absolute Gasteiger partial charge is 0.479 e. The van der Waals surface area contributed by atoms with E-state index in [1.165, 1.54) is 13.4 Å². The van der Waals surface area contributed by atoms with Gasteiger partial charge in [0.05, 0.1) is 13.4 Å². The van der Waals surface area contributed by atoms with Crippen LogP contribution in [-0.2, 0) is 6.54 Å². The second-order valence-electron chi connectivity index (χ2n) is 6.77. The number of carbonyl (C=O) groups is 2. The highest BCUT2D eigenvalue weighted by molar-refractivity contribution is 6.12. The Labute approximate surface area is 173 Å². The Kier molecular flexibility index (Phi) is 5.17. The molecule has 0 saturated heterocycles. The number of methoxy groups -OCH3 is 1. The van der Waals surface area contributed by atoms with E-state index in [0.29, 0.717) is 17.8 Å². The fraction of sp³-hybridized carbons (Fsp3) is 0.0870. The van der Waals surface area contributed by atoms with Crippen molar-refractivity contribution in [3.8, 4) is 5.88 Å². The first kappa shape index (κ1) is 19.2. The predicted molar refractivity (Wildman–Crippen MR) is 115 cm³/mol. The fourth-order valence-electron chi connectivity index (χ4n) is 3.39. The van der Waals surface area contributed by atoms with Gasteiger partial charge in [-0.2, -0.15) is 0 Å². The Hall–Kier alpha value is -4.13. The van der Waals surface area contributed by atoms with Crippen molar-refractivity contribution >= 4 is 28.3 Å². The van der Waals surface area contributed by atoms with E-state index in [1.807, 2.05) is 66.7 Å². The van der Waals surface area contributed by atoms with Crippen molar-refractivity contribution in [1.29, 1.82) is 0 Å². The Morgan fingerprint density at radius 2 is 1.77 bits per heavy atom. The van der Waals surface area contributed by atoms with Crippen LogP contribution in [0.4, 0.5) is 5.69 Å². The van der Waals surface area contributed by atoms with E-state index in [0.717, 1.165) is 16.3 Å². The lowest BCUT2D eigenvalue weighted by Gasteiger charge is -2.10. The van der Waals surface area contributed by atoms with Crippen molar-refractivity contribution in [2.75, 3.05) is 12.4 Å². The molecule has 2 amide bonds. The number of primary amides is 1. The van der Waals surface area contributed by atoms with Crippen molar-refractivity contribution in [2.24, 2.45) is 5.73 Å². The molecule has 1 aromatic heterocycles. The number of imidazole rings is 1. The van der Waals surface area contributed by atoms with Crippen LogP contribution in [0.25, 0.3) is 10.8 Å². The van der Waals surface area contributed by atoms with Crippen LogP contribution in [-0.4, -0.2) is 28.5 Å². The van der Waals surface area contributed by atoms with Gasteiger partial charge < -0.3 is 20.4 Å². The summed E-state index contributed by atoms with van der Waals surface area (Å²) >= 11 is 0. The van der Waals surface area contributed by atoms with Gasteiger partial charge in [0, 0.05) is 17.8 Å². The molecule has 7 nitrogen and oxygen atoms in total. The molecule has 30 heavy (non-hydrogen) atoms. The van der Waals surface area contributed by atoms with Crippen LogP contribution in [0.3, 0.4) is 0 Å². The molecule has 0 atom stereocenters. The molecular weight excluding hydrogens is 380 g/mol. The third kappa shape index (κ3) is 3.73. The summed E-state index contributed by atoms with van der Waals surface area (Å²) < 4.78 is 6.71. The summed E-state index contributed by atoms with van der Waals surface area (Å²) in [6.45, 7) is 0.395. The van der Waals surface area contributed by atoms with E-state index in [2.05, 4.69) is 10.3 Å². The molecule has 0 saturated carbocycles. The highest BCUT2D eigenvalue weighted by Gasteiger charge is 2.17. The third-order valence-corrected chi connectivity index (χ3v) is 4.83. The Bertz CT molecular complexity index is 1220. The van der Waals surface area contributed by atoms with Crippen LogP contribution >= 0.6 is 0 Å². The summed E-state index contributed by atoms with van der Waals surface area (Å²) in [6, 6.07) is 20.8. The predicted octanol–water partition coefficient (Wildman–Crippen LogP) is 3.44. The summed E-state index contributed by atoms with van der Waals surface area (Å²) in [7, 11) is 1.44. The minimum absolute atomic E-state index is 0.171. The zero-order valence-electron chi connectivity index (χ0n) is 16.3. The molecule has 0 spiro atoms. The number of rotatable bonds is 6. The van der Waals surface area contributed by atoms with Gasteiger partial charge in [-0.1, -0.05) is 48.5 Å². The first-order valence-electron chi connectivity index (χ1n) is 9.34. The van der Waals surface area contributed by atoms with Crippen molar-refractivity contribution < 1.29 is 14.3 Å². The number of aromatic nitrogens is 2. The van der Waals surface area contributed by atoms with E-state index < -0.39 is 5.91 Å². The summed E-state index contributed by atoms with van der Waals surface area (Å²) in [4.78, 5) is 28.5. The minimum Gasteiger partial charge on any atom is -0.479 e. The number of anilines is 1. The van der Waals surface area contributed by atoms with Crippen molar-refractivity contribution in [3.05, 3.63) is 89.9 Å². The van der Waals surface area contributed by atoms with Gasteiger partial charge in [0.25, 0.3) is 11.8 Å². The van der Waals surface area contributed by atoms with E-state index >= 15 is 0 Å². The molecule has 0 aliphatic carbocycles. The number of nitrogens with two attached hydrogens (primary N) is 1. The molecule has 0 bridgehead atoms. The van der Waals surface area contributed by atoms with Crippen LogP contribution in [0, 0.1) is 0 Å². The van der Waals surface area contributed by atoms with E-state index in [9.17, 15) is 9.59 Å². The van der Waals surface area contributed by atoms with Gasteiger partial charge in [-0.15, -0.1) is 0 Å². The molecule has 0 unspecified atom stereocenters. The number of nitrogens with zero attached hydrogens (tertiary/aromatic N) is 2. The number of nitrogens with one attached hydrogen (secondary N) is 1. The molecule has 0 fully saturated rings. The lowest BCUT2D eigenvalue weighted by atomic mass is 10.0. The van der Waals surface area contributed by atoms with Gasteiger partial charge in [0.15, 0.2) is 5.69 Å². The monoisotopic (exact) mass is 400 g/mol. The first-order chi connectivity index (χ1) is 14.6. The van der Waals surface area contributed by atoms with Crippen LogP contribution < -0.4 is 15.8 Å². The number of fused-ring (bicyclic) bond motifs is 1. The van der Waals surface area contributed by atoms with Gasteiger partial charge >= 0.3 is 0 Å². The summed E-state index contributed by atoms with van der Waals surface area (Å²) in [5, 5.41) is 4.85. The van der Waals surface area contributed by atoms with Gasteiger partial charge in [-0.25, -0.2) is 4.98 Å². The molecule has 0 aliphatic rings. The van der Waals surface area contributed by atoms with Gasteiger partial charge in [0.1, 0.15) is 0 Å². The Morgan fingerprint density at radius 3 is 2.50 bits per heavy atom. The van der Waals surface area contributed by atoms with Gasteiger partial charge in [0.2, 0.25) is 5.88 Å². The smallest absolute Gasteiger partial charge is 0.271 e. The number of hydrogen-bond acceptors (Lipinski definition) is 4. The van der Waals surface area contributed by atoms with E-state index in [1.54, 1.807) is 4.57 Å². The molecule has 0 radical (unpaired) electrons. The molecule has 150 valence electrons. The second kappa shape index (κ2) is 8.08. The maximum absolute atomic E-state index is 12.8. The van der Waals surface area contributed by atoms with Crippen LogP contribution in [0.15, 0.2) is 73.1 Å². The quantitative estimate of drug-likeness (QED) is 0.518. The lowest BCUT2D eigenvalue weighted by Crippen LogP contribution is -2.18. The Morgan fingerprint density at radius 1 is 1.03 bits per heavy atom. The summed E-state index contributed by atoms with van der Waals surface area (Å²) in [5.74, 6) is -0.584. The SMILES string of the molecule is COc1ncn(Cc2ccc(NC(=O)c3cccc4ccccc34)cc2)c1C(N)=O. The van der Waals surface area contributed by atoms with Gasteiger partial charge in [-0.05, 0) is 34.5 Å². The highest BCUT2D eigenvalue weighted by Crippen LogP contribution is 2.21. The summed E-state index contributed by atoms with van der Waals surface area (Å²) in [6.07, 6.45) is 1.51. The van der Waals surface area contributed by atoms with Crippen LogP contribution in [0.1, 0.15) is 26.4 Å². The topological polar surface area (TPSA) is 99.2 Å². The number of amides is 2. The molecule has 7 heteroatoms. The normalized spacial score (nSPS) is 10.7. The standard InChI is InChI=1S/C23H20N4O3/c1-30-23-20(21(24)28)27(14-25-23)13-15-9-11-17(12-10-15)26-22(29)19-8-4-6-16-5-2-3-7-18(16)19/h2-12,14H,13H2,1H3,(H2,24,28)(H,26,29).